The fraction of sp³-hybridized carbons (Fsp3) is 0.364. The lowest BCUT2D eigenvalue weighted by atomic mass is 10.2. The van der Waals surface area contributed by atoms with Gasteiger partial charge in [0, 0.05) is 17.6 Å². The van der Waals surface area contributed by atoms with Crippen LogP contribution >= 0.6 is 15.9 Å². The molecule has 1 aromatic rings. The zero-order valence-corrected chi connectivity index (χ0v) is 11.3. The summed E-state index contributed by atoms with van der Waals surface area (Å²) in [6.45, 7) is 0.227. The fourth-order valence-electron chi connectivity index (χ4n) is 1.24. The Balaban J connectivity index is 2.67. The molecule has 3 N–H and O–H groups in total. The van der Waals surface area contributed by atoms with Gasteiger partial charge in [0.25, 0.3) is 0 Å². The molecule has 1 aromatic carbocycles. The molecular formula is C11H12BrF3N2O2. The second kappa shape index (κ2) is 6.76. The Labute approximate surface area is 116 Å². The van der Waals surface area contributed by atoms with E-state index in [1.165, 1.54) is 6.07 Å². The van der Waals surface area contributed by atoms with Crippen molar-refractivity contribution in [3.05, 3.63) is 28.2 Å². The molecule has 106 valence electrons. The molecule has 0 heterocycles. The summed E-state index contributed by atoms with van der Waals surface area (Å²) < 4.78 is 37.4. The van der Waals surface area contributed by atoms with E-state index in [4.69, 9.17) is 5.11 Å². The molecule has 0 radical (unpaired) electrons. The van der Waals surface area contributed by atoms with Crippen molar-refractivity contribution in [2.24, 2.45) is 0 Å². The minimum Gasteiger partial charge on any atom is -0.396 e. The monoisotopic (exact) mass is 340 g/mol. The van der Waals surface area contributed by atoms with Gasteiger partial charge in [-0.1, -0.05) is 0 Å². The second-order valence-electron chi connectivity index (χ2n) is 3.65. The number of amides is 2. The molecule has 0 saturated carbocycles. The third kappa shape index (κ3) is 5.07. The van der Waals surface area contributed by atoms with Crippen molar-refractivity contribution in [3.8, 4) is 0 Å². The first kappa shape index (κ1) is 15.8. The first-order chi connectivity index (χ1) is 8.84. The summed E-state index contributed by atoms with van der Waals surface area (Å²) in [5.41, 5.74) is -0.569. The zero-order chi connectivity index (χ0) is 14.5. The molecule has 0 saturated heterocycles. The van der Waals surface area contributed by atoms with Crippen LogP contribution < -0.4 is 10.6 Å². The fourth-order valence-corrected chi connectivity index (χ4v) is 1.72. The normalized spacial score (nSPS) is 11.2. The molecular weight excluding hydrogens is 329 g/mol. The number of nitrogens with one attached hydrogen (secondary N) is 2. The van der Waals surface area contributed by atoms with E-state index in [-0.39, 0.29) is 23.3 Å². The van der Waals surface area contributed by atoms with Gasteiger partial charge >= 0.3 is 12.2 Å². The van der Waals surface area contributed by atoms with Gasteiger partial charge in [-0.25, -0.2) is 4.79 Å². The van der Waals surface area contributed by atoms with Crippen LogP contribution in [-0.4, -0.2) is 24.3 Å². The maximum Gasteiger partial charge on any atom is 0.416 e. The standard InChI is InChI=1S/C11H12BrF3N2O2/c12-8-6-7(11(13,14)15)2-3-9(8)17-10(19)16-4-1-5-18/h2-3,6,18H,1,4-5H2,(H2,16,17,19). The largest absolute Gasteiger partial charge is 0.416 e. The Morgan fingerprint density at radius 1 is 1.37 bits per heavy atom. The van der Waals surface area contributed by atoms with Gasteiger partial charge < -0.3 is 15.7 Å². The molecule has 0 aliphatic rings. The van der Waals surface area contributed by atoms with Crippen LogP contribution in [0.2, 0.25) is 0 Å². The summed E-state index contributed by atoms with van der Waals surface area (Å²) >= 11 is 2.97. The third-order valence-electron chi connectivity index (χ3n) is 2.17. The van der Waals surface area contributed by atoms with E-state index in [9.17, 15) is 18.0 Å². The minimum atomic E-state index is -4.43. The van der Waals surface area contributed by atoms with Crippen molar-refractivity contribution in [2.45, 2.75) is 12.6 Å². The van der Waals surface area contributed by atoms with Crippen molar-refractivity contribution in [2.75, 3.05) is 18.5 Å². The molecule has 0 fully saturated rings. The quantitative estimate of drug-likeness (QED) is 0.738. The van der Waals surface area contributed by atoms with E-state index in [1.54, 1.807) is 0 Å². The average molecular weight is 341 g/mol. The Morgan fingerprint density at radius 2 is 2.05 bits per heavy atom. The maximum absolute atomic E-state index is 12.4. The molecule has 0 aromatic heterocycles. The van der Waals surface area contributed by atoms with E-state index >= 15 is 0 Å². The summed E-state index contributed by atoms with van der Waals surface area (Å²) in [4.78, 5) is 11.4. The van der Waals surface area contributed by atoms with Crippen LogP contribution in [0.25, 0.3) is 0 Å². The lowest BCUT2D eigenvalue weighted by Gasteiger charge is -2.11. The second-order valence-corrected chi connectivity index (χ2v) is 4.50. The lowest BCUT2D eigenvalue weighted by Crippen LogP contribution is -2.30. The molecule has 1 rings (SSSR count). The predicted octanol–water partition coefficient (Wildman–Crippen LogP) is 2.97. The van der Waals surface area contributed by atoms with Crippen LogP contribution in [0.3, 0.4) is 0 Å². The number of hydrogen-bond acceptors (Lipinski definition) is 2. The van der Waals surface area contributed by atoms with Crippen molar-refractivity contribution in [1.82, 2.24) is 5.32 Å². The van der Waals surface area contributed by atoms with Crippen molar-refractivity contribution >= 4 is 27.6 Å². The van der Waals surface area contributed by atoms with Crippen LogP contribution in [0, 0.1) is 0 Å². The number of aliphatic hydroxyl groups excluding tert-OH is 1. The molecule has 19 heavy (non-hydrogen) atoms. The van der Waals surface area contributed by atoms with Crippen LogP contribution in [0.5, 0.6) is 0 Å². The average Bonchev–Trinajstić information content (AvgIpc) is 2.31. The Kier molecular flexibility index (Phi) is 5.61. The van der Waals surface area contributed by atoms with Gasteiger partial charge in [-0.05, 0) is 40.5 Å². The zero-order valence-electron chi connectivity index (χ0n) is 9.72. The molecule has 0 spiro atoms. The van der Waals surface area contributed by atoms with E-state index in [1.807, 2.05) is 0 Å². The first-order valence-corrected chi connectivity index (χ1v) is 6.16. The number of anilines is 1. The van der Waals surface area contributed by atoms with E-state index in [0.717, 1.165) is 12.1 Å². The van der Waals surface area contributed by atoms with Gasteiger partial charge in [-0.2, -0.15) is 13.2 Å². The Morgan fingerprint density at radius 3 is 2.58 bits per heavy atom. The number of alkyl halides is 3. The summed E-state index contributed by atoms with van der Waals surface area (Å²) in [7, 11) is 0. The van der Waals surface area contributed by atoms with Crippen LogP contribution in [-0.2, 0) is 6.18 Å². The molecule has 0 bridgehead atoms. The van der Waals surface area contributed by atoms with E-state index < -0.39 is 17.8 Å². The lowest BCUT2D eigenvalue weighted by molar-refractivity contribution is -0.137. The molecule has 0 aliphatic heterocycles. The molecule has 2 amide bonds. The maximum atomic E-state index is 12.4. The third-order valence-corrected chi connectivity index (χ3v) is 2.82. The Hall–Kier alpha value is -1.28. The topological polar surface area (TPSA) is 61.4 Å². The van der Waals surface area contributed by atoms with Gasteiger partial charge in [-0.15, -0.1) is 0 Å². The SMILES string of the molecule is O=C(NCCCO)Nc1ccc(C(F)(F)F)cc1Br. The summed E-state index contributed by atoms with van der Waals surface area (Å²) in [6, 6.07) is 2.39. The van der Waals surface area contributed by atoms with E-state index in [0.29, 0.717) is 6.42 Å². The van der Waals surface area contributed by atoms with Gasteiger partial charge in [0.1, 0.15) is 0 Å². The van der Waals surface area contributed by atoms with E-state index in [2.05, 4.69) is 26.6 Å². The van der Waals surface area contributed by atoms with Crippen molar-refractivity contribution in [1.29, 1.82) is 0 Å². The van der Waals surface area contributed by atoms with Gasteiger partial charge in [-0.3, -0.25) is 0 Å². The number of hydrogen-bond donors (Lipinski definition) is 3. The number of halogens is 4. The van der Waals surface area contributed by atoms with Gasteiger partial charge in [0.15, 0.2) is 0 Å². The number of aliphatic hydroxyl groups is 1. The number of carbonyl (C=O) groups excluding carboxylic acids is 1. The highest BCUT2D eigenvalue weighted by Gasteiger charge is 2.30. The van der Waals surface area contributed by atoms with Crippen molar-refractivity contribution in [3.63, 3.8) is 0 Å². The van der Waals surface area contributed by atoms with Crippen LogP contribution in [0.15, 0.2) is 22.7 Å². The number of benzene rings is 1. The van der Waals surface area contributed by atoms with Crippen LogP contribution in [0.1, 0.15) is 12.0 Å². The Bertz CT molecular complexity index is 452. The minimum absolute atomic E-state index is 0.0513. The predicted molar refractivity (Wildman–Crippen MR) is 67.9 cm³/mol. The molecule has 0 aliphatic carbocycles. The number of rotatable bonds is 4. The molecule has 4 nitrogen and oxygen atoms in total. The highest BCUT2D eigenvalue weighted by molar-refractivity contribution is 9.10. The summed E-state index contributed by atoms with van der Waals surface area (Å²) in [5.74, 6) is 0. The first-order valence-electron chi connectivity index (χ1n) is 5.37. The molecule has 8 heteroatoms. The van der Waals surface area contributed by atoms with Gasteiger partial charge in [0.05, 0.1) is 11.3 Å². The summed E-state index contributed by atoms with van der Waals surface area (Å²) in [5, 5.41) is 13.4. The number of carbonyl (C=O) groups is 1. The number of urea groups is 1. The van der Waals surface area contributed by atoms with Crippen molar-refractivity contribution < 1.29 is 23.1 Å². The van der Waals surface area contributed by atoms with Crippen LogP contribution in [0.4, 0.5) is 23.7 Å². The smallest absolute Gasteiger partial charge is 0.396 e. The highest BCUT2D eigenvalue weighted by Crippen LogP contribution is 2.33. The molecule has 0 atom stereocenters. The molecule has 0 unspecified atom stereocenters. The summed E-state index contributed by atoms with van der Waals surface area (Å²) in [6.07, 6.45) is -4.02. The highest BCUT2D eigenvalue weighted by atomic mass is 79.9. The van der Waals surface area contributed by atoms with Gasteiger partial charge in [0.2, 0.25) is 0 Å².